The van der Waals surface area contributed by atoms with Crippen molar-refractivity contribution in [2.45, 2.75) is 32.1 Å². The molecule has 0 bridgehead atoms. The van der Waals surface area contributed by atoms with E-state index in [2.05, 4.69) is 69.3 Å². The smallest absolute Gasteiger partial charge is 0.193 e. The van der Waals surface area contributed by atoms with Crippen LogP contribution in [-0.2, 0) is 10.2 Å². The first-order chi connectivity index (χ1) is 11.4. The summed E-state index contributed by atoms with van der Waals surface area (Å²) < 4.78 is 6.75. The number of hydrogen-bond acceptors (Lipinski definition) is 2. The summed E-state index contributed by atoms with van der Waals surface area (Å²) in [4.78, 5) is 6.91. The predicted molar refractivity (Wildman–Crippen MR) is 118 cm³/mol. The summed E-state index contributed by atoms with van der Waals surface area (Å²) >= 11 is 3.51. The van der Waals surface area contributed by atoms with Crippen molar-refractivity contribution in [3.8, 4) is 0 Å². The van der Waals surface area contributed by atoms with E-state index in [-0.39, 0.29) is 29.4 Å². The van der Waals surface area contributed by atoms with Crippen LogP contribution in [0.1, 0.15) is 32.3 Å². The minimum absolute atomic E-state index is 0. The number of nitrogens with zero attached hydrogens (tertiary/aromatic N) is 2. The molecule has 2 aliphatic rings. The van der Waals surface area contributed by atoms with E-state index in [1.54, 1.807) is 0 Å². The second kappa shape index (κ2) is 8.57. The van der Waals surface area contributed by atoms with Crippen LogP contribution < -0.4 is 5.32 Å². The van der Waals surface area contributed by atoms with E-state index in [0.29, 0.717) is 5.41 Å². The minimum atomic E-state index is 0. The number of hydrogen-bond donors (Lipinski definition) is 1. The zero-order valence-corrected chi connectivity index (χ0v) is 19.3. The van der Waals surface area contributed by atoms with E-state index in [1.165, 1.54) is 18.4 Å². The molecule has 2 heterocycles. The minimum Gasteiger partial charge on any atom is -0.381 e. The molecular formula is C19H29BrIN3O. The standard InChI is InChI=1S/C19H28BrN3O.HI/c1-18(2,15-4-6-16(20)7-5-15)12-22-17(21-3)23-10-8-19(13-23)9-11-24-14-19;/h4-7H,8-14H2,1-3H3,(H,21,22);1H. The van der Waals surface area contributed by atoms with Crippen LogP contribution in [0, 0.1) is 5.41 Å². The molecule has 4 nitrogen and oxygen atoms in total. The van der Waals surface area contributed by atoms with Crippen molar-refractivity contribution in [3.05, 3.63) is 34.3 Å². The van der Waals surface area contributed by atoms with Crippen molar-refractivity contribution in [2.75, 3.05) is 39.9 Å². The number of nitrogens with one attached hydrogen (secondary N) is 1. The average Bonchev–Trinajstić information content (AvgIpc) is 3.19. The van der Waals surface area contributed by atoms with Gasteiger partial charge in [-0.1, -0.05) is 41.9 Å². The Labute approximate surface area is 176 Å². The van der Waals surface area contributed by atoms with E-state index in [4.69, 9.17) is 4.74 Å². The fraction of sp³-hybridized carbons (Fsp3) is 0.632. The first-order valence-electron chi connectivity index (χ1n) is 8.74. The van der Waals surface area contributed by atoms with Crippen molar-refractivity contribution >= 4 is 45.9 Å². The van der Waals surface area contributed by atoms with Crippen LogP contribution in [-0.4, -0.2) is 50.8 Å². The normalized spacial score (nSPS) is 23.8. The molecule has 1 aromatic rings. The van der Waals surface area contributed by atoms with E-state index in [0.717, 1.165) is 43.3 Å². The summed E-state index contributed by atoms with van der Waals surface area (Å²) in [5, 5.41) is 3.59. The molecule has 0 aromatic heterocycles. The molecule has 2 aliphatic heterocycles. The molecule has 25 heavy (non-hydrogen) atoms. The Morgan fingerprint density at radius 3 is 2.64 bits per heavy atom. The van der Waals surface area contributed by atoms with Crippen LogP contribution in [0.5, 0.6) is 0 Å². The van der Waals surface area contributed by atoms with E-state index in [1.807, 2.05) is 7.05 Å². The number of guanidine groups is 1. The molecule has 0 aliphatic carbocycles. The molecular weight excluding hydrogens is 493 g/mol. The van der Waals surface area contributed by atoms with Gasteiger partial charge >= 0.3 is 0 Å². The third-order valence-electron chi connectivity index (χ3n) is 5.45. The second-order valence-electron chi connectivity index (χ2n) is 7.77. The lowest BCUT2D eigenvalue weighted by molar-refractivity contribution is 0.156. The van der Waals surface area contributed by atoms with E-state index in [9.17, 15) is 0 Å². The maximum atomic E-state index is 5.63. The Kier molecular flexibility index (Phi) is 7.18. The second-order valence-corrected chi connectivity index (χ2v) is 8.68. The van der Waals surface area contributed by atoms with Gasteiger partial charge in [0.05, 0.1) is 6.61 Å². The van der Waals surface area contributed by atoms with Gasteiger partial charge in [-0.15, -0.1) is 24.0 Å². The molecule has 2 saturated heterocycles. The van der Waals surface area contributed by atoms with Gasteiger partial charge in [0.1, 0.15) is 0 Å². The molecule has 3 rings (SSSR count). The summed E-state index contributed by atoms with van der Waals surface area (Å²) in [7, 11) is 1.88. The highest BCUT2D eigenvalue weighted by atomic mass is 127. The Balaban J connectivity index is 0.00000225. The van der Waals surface area contributed by atoms with Gasteiger partial charge < -0.3 is 15.0 Å². The summed E-state index contributed by atoms with van der Waals surface area (Å²) in [5.74, 6) is 1.02. The molecule has 0 amide bonds. The average molecular weight is 522 g/mol. The number of likely N-dealkylation sites (tertiary alicyclic amines) is 1. The van der Waals surface area contributed by atoms with Crippen LogP contribution in [0.4, 0.5) is 0 Å². The largest absolute Gasteiger partial charge is 0.381 e. The fourth-order valence-electron chi connectivity index (χ4n) is 3.72. The molecule has 1 atom stereocenters. The molecule has 6 heteroatoms. The van der Waals surface area contributed by atoms with Crippen molar-refractivity contribution in [1.82, 2.24) is 10.2 Å². The van der Waals surface area contributed by atoms with Crippen molar-refractivity contribution in [1.29, 1.82) is 0 Å². The Morgan fingerprint density at radius 2 is 2.04 bits per heavy atom. The van der Waals surface area contributed by atoms with Gasteiger partial charge in [-0.3, -0.25) is 4.99 Å². The Hall–Kier alpha value is -0.340. The van der Waals surface area contributed by atoms with Crippen molar-refractivity contribution < 1.29 is 4.74 Å². The number of aliphatic imine (C=N–C) groups is 1. The monoisotopic (exact) mass is 521 g/mol. The number of halogens is 2. The van der Waals surface area contributed by atoms with Crippen LogP contribution in [0.25, 0.3) is 0 Å². The van der Waals surface area contributed by atoms with Crippen LogP contribution in [0.15, 0.2) is 33.7 Å². The van der Waals surface area contributed by atoms with Gasteiger partial charge in [-0.05, 0) is 30.5 Å². The summed E-state index contributed by atoms with van der Waals surface area (Å²) in [5.41, 5.74) is 1.74. The van der Waals surface area contributed by atoms with Gasteiger partial charge in [0.15, 0.2) is 5.96 Å². The van der Waals surface area contributed by atoms with Gasteiger partial charge in [0.25, 0.3) is 0 Å². The lowest BCUT2D eigenvalue weighted by Crippen LogP contribution is -2.45. The van der Waals surface area contributed by atoms with Gasteiger partial charge in [0.2, 0.25) is 0 Å². The maximum absolute atomic E-state index is 5.63. The topological polar surface area (TPSA) is 36.9 Å². The highest BCUT2D eigenvalue weighted by Crippen LogP contribution is 2.38. The zero-order chi connectivity index (χ0) is 17.2. The van der Waals surface area contributed by atoms with Crippen molar-refractivity contribution in [3.63, 3.8) is 0 Å². The van der Waals surface area contributed by atoms with E-state index < -0.39 is 0 Å². The number of benzene rings is 1. The molecule has 2 fully saturated rings. The molecule has 0 saturated carbocycles. The molecule has 1 N–H and O–H groups in total. The fourth-order valence-corrected chi connectivity index (χ4v) is 3.99. The maximum Gasteiger partial charge on any atom is 0.193 e. The highest BCUT2D eigenvalue weighted by Gasteiger charge is 2.42. The predicted octanol–water partition coefficient (Wildman–Crippen LogP) is 4.03. The molecule has 0 radical (unpaired) electrons. The van der Waals surface area contributed by atoms with E-state index >= 15 is 0 Å². The summed E-state index contributed by atoms with van der Waals surface area (Å²) in [6.45, 7) is 9.36. The first-order valence-corrected chi connectivity index (χ1v) is 9.53. The lowest BCUT2D eigenvalue weighted by atomic mass is 9.85. The SMILES string of the molecule is CN=C(NCC(C)(C)c1ccc(Br)cc1)N1CCC2(CCOC2)C1.I. The zero-order valence-electron chi connectivity index (χ0n) is 15.3. The van der Waals surface area contributed by atoms with Gasteiger partial charge in [-0.2, -0.15) is 0 Å². The number of rotatable bonds is 3. The molecule has 1 unspecified atom stereocenters. The summed E-state index contributed by atoms with van der Waals surface area (Å²) in [6.07, 6.45) is 2.40. The van der Waals surface area contributed by atoms with Crippen molar-refractivity contribution in [2.24, 2.45) is 10.4 Å². The molecule has 140 valence electrons. The van der Waals surface area contributed by atoms with Crippen LogP contribution in [0.2, 0.25) is 0 Å². The molecule has 1 spiro atoms. The first kappa shape index (κ1) is 21.0. The van der Waals surface area contributed by atoms with Crippen LogP contribution >= 0.6 is 39.9 Å². The number of ether oxygens (including phenoxy) is 1. The van der Waals surface area contributed by atoms with Crippen LogP contribution in [0.3, 0.4) is 0 Å². The highest BCUT2D eigenvalue weighted by molar-refractivity contribution is 14.0. The third kappa shape index (κ3) is 4.89. The summed E-state index contributed by atoms with van der Waals surface area (Å²) in [6, 6.07) is 8.59. The lowest BCUT2D eigenvalue weighted by Gasteiger charge is -2.30. The third-order valence-corrected chi connectivity index (χ3v) is 5.98. The Bertz CT molecular complexity index is 597. The van der Waals surface area contributed by atoms with Gasteiger partial charge in [-0.25, -0.2) is 0 Å². The quantitative estimate of drug-likeness (QED) is 0.370. The molecule has 1 aromatic carbocycles. The van der Waals surface area contributed by atoms with Gasteiger partial charge in [0, 0.05) is 48.6 Å². The Morgan fingerprint density at radius 1 is 1.32 bits per heavy atom.